The number of carboxylic acid groups (broad SMARTS) is 1. The molecule has 1 heterocycles. The molecule has 1 atom stereocenters. The van der Waals surface area contributed by atoms with Crippen molar-refractivity contribution in [2.24, 2.45) is 0 Å². The first-order chi connectivity index (χ1) is 12.3. The monoisotopic (exact) mass is 376 g/mol. The Bertz CT molecular complexity index is 926. The van der Waals surface area contributed by atoms with Crippen LogP contribution >= 0.6 is 0 Å². The van der Waals surface area contributed by atoms with Gasteiger partial charge in [-0.1, -0.05) is 30.3 Å². The van der Waals surface area contributed by atoms with E-state index in [1.165, 1.54) is 0 Å². The third kappa shape index (κ3) is 3.52. The zero-order valence-corrected chi connectivity index (χ0v) is 14.4. The molecule has 0 bridgehead atoms. The Hall–Kier alpha value is -2.94. The molecule has 1 aliphatic rings. The van der Waals surface area contributed by atoms with Gasteiger partial charge in [0.1, 0.15) is 0 Å². The van der Waals surface area contributed by atoms with Gasteiger partial charge in [0.15, 0.2) is 0 Å². The van der Waals surface area contributed by atoms with E-state index in [-0.39, 0.29) is 29.5 Å². The van der Waals surface area contributed by atoms with Gasteiger partial charge in [-0.05, 0) is 18.1 Å². The summed E-state index contributed by atoms with van der Waals surface area (Å²) in [6, 6.07) is 12.5. The van der Waals surface area contributed by atoms with Gasteiger partial charge < -0.3 is 5.11 Å². The number of nitro benzene ring substituents is 1. The number of carbonyl (C=O) groups is 1. The normalized spacial score (nSPS) is 19.1. The molecule has 2 aromatic carbocycles. The maximum atomic E-state index is 12.5. The number of aromatic carboxylic acids is 1. The van der Waals surface area contributed by atoms with Gasteiger partial charge in [-0.25, -0.2) is 13.2 Å². The van der Waals surface area contributed by atoms with E-state index in [2.05, 4.69) is 0 Å². The fourth-order valence-corrected chi connectivity index (χ4v) is 4.67. The number of anilines is 1. The smallest absolute Gasteiger partial charge is 0.336 e. The lowest BCUT2D eigenvalue weighted by Crippen LogP contribution is -2.41. The lowest BCUT2D eigenvalue weighted by Gasteiger charge is -2.34. The topological polar surface area (TPSA) is 118 Å². The fraction of sp³-hybridized carbons (Fsp3) is 0.235. The summed E-state index contributed by atoms with van der Waals surface area (Å²) in [6.07, 6.45) is 0.434. The van der Waals surface area contributed by atoms with Crippen LogP contribution in [0.4, 0.5) is 11.4 Å². The van der Waals surface area contributed by atoms with Crippen LogP contribution < -0.4 is 4.31 Å². The molecule has 1 N–H and O–H groups in total. The van der Waals surface area contributed by atoms with E-state index in [0.29, 0.717) is 6.42 Å². The number of nitro groups is 1. The van der Waals surface area contributed by atoms with Gasteiger partial charge in [0.2, 0.25) is 10.0 Å². The number of carboxylic acids is 1. The molecule has 1 unspecified atom stereocenters. The molecule has 1 aliphatic heterocycles. The number of non-ortho nitro benzene ring substituents is 1. The van der Waals surface area contributed by atoms with E-state index in [0.717, 1.165) is 28.1 Å². The molecule has 136 valence electrons. The molecule has 1 fully saturated rings. The van der Waals surface area contributed by atoms with Crippen LogP contribution in [0.1, 0.15) is 28.3 Å². The lowest BCUT2D eigenvalue weighted by molar-refractivity contribution is -0.384. The minimum atomic E-state index is -3.68. The summed E-state index contributed by atoms with van der Waals surface area (Å²) in [5, 5.41) is 20.3. The average molecular weight is 376 g/mol. The number of hydrogen-bond acceptors (Lipinski definition) is 5. The van der Waals surface area contributed by atoms with Crippen molar-refractivity contribution in [2.45, 2.75) is 12.3 Å². The average Bonchev–Trinajstić information content (AvgIpc) is 2.61. The minimum Gasteiger partial charge on any atom is -0.478 e. The summed E-state index contributed by atoms with van der Waals surface area (Å²) in [7, 11) is -3.68. The van der Waals surface area contributed by atoms with Crippen molar-refractivity contribution in [3.8, 4) is 0 Å². The second-order valence-electron chi connectivity index (χ2n) is 6.04. The molecule has 0 radical (unpaired) electrons. The first-order valence-electron chi connectivity index (χ1n) is 7.86. The predicted octanol–water partition coefficient (Wildman–Crippen LogP) is 2.62. The van der Waals surface area contributed by atoms with Gasteiger partial charge in [-0.15, -0.1) is 0 Å². The van der Waals surface area contributed by atoms with Crippen LogP contribution in [-0.2, 0) is 10.0 Å². The first-order valence-corrected chi connectivity index (χ1v) is 9.47. The highest BCUT2D eigenvalue weighted by atomic mass is 32.2. The number of hydrogen-bond donors (Lipinski definition) is 1. The summed E-state index contributed by atoms with van der Waals surface area (Å²) in [5.74, 6) is -1.55. The summed E-state index contributed by atoms with van der Waals surface area (Å²) in [6.45, 7) is 0.104. The summed E-state index contributed by atoms with van der Waals surface area (Å²) < 4.78 is 26.1. The van der Waals surface area contributed by atoms with E-state index < -0.39 is 26.6 Å². The molecule has 0 aliphatic carbocycles. The Morgan fingerprint density at radius 2 is 1.88 bits per heavy atom. The van der Waals surface area contributed by atoms with Crippen molar-refractivity contribution in [1.29, 1.82) is 0 Å². The molecule has 0 spiro atoms. The third-order valence-electron chi connectivity index (χ3n) is 4.37. The Labute approximate surface area is 149 Å². The molecule has 8 nitrogen and oxygen atoms in total. The highest BCUT2D eigenvalue weighted by Crippen LogP contribution is 2.34. The van der Waals surface area contributed by atoms with E-state index in [4.69, 9.17) is 0 Å². The van der Waals surface area contributed by atoms with E-state index in [1.54, 1.807) is 0 Å². The zero-order chi connectivity index (χ0) is 18.9. The van der Waals surface area contributed by atoms with Gasteiger partial charge >= 0.3 is 5.97 Å². The summed E-state index contributed by atoms with van der Waals surface area (Å²) >= 11 is 0. The van der Waals surface area contributed by atoms with Crippen LogP contribution in [0.2, 0.25) is 0 Å². The largest absolute Gasteiger partial charge is 0.478 e. The standard InChI is InChI=1S/C17H16N2O6S/c20-17(21)14-8-15(10-16(9-14)19(22)23)18-11-13(6-7-26(18,24)25)12-4-2-1-3-5-12/h1-5,8-10,13H,6-7,11H2,(H,20,21). The maximum Gasteiger partial charge on any atom is 0.336 e. The first kappa shape index (κ1) is 17.9. The van der Waals surface area contributed by atoms with Crippen LogP contribution in [0.3, 0.4) is 0 Å². The Morgan fingerprint density at radius 3 is 2.50 bits per heavy atom. The van der Waals surface area contributed by atoms with E-state index in [1.807, 2.05) is 30.3 Å². The fourth-order valence-electron chi connectivity index (χ4n) is 3.04. The van der Waals surface area contributed by atoms with Crippen molar-refractivity contribution in [1.82, 2.24) is 0 Å². The molecule has 9 heteroatoms. The number of sulfonamides is 1. The molecule has 0 saturated carbocycles. The summed E-state index contributed by atoms with van der Waals surface area (Å²) in [5.41, 5.74) is 0.177. The molecule has 2 aromatic rings. The molecule has 1 saturated heterocycles. The molecule has 0 amide bonds. The molecule has 3 rings (SSSR count). The Morgan fingerprint density at radius 1 is 1.19 bits per heavy atom. The maximum absolute atomic E-state index is 12.5. The minimum absolute atomic E-state index is 0.00256. The van der Waals surface area contributed by atoms with Crippen molar-refractivity contribution >= 4 is 27.4 Å². The van der Waals surface area contributed by atoms with Crippen LogP contribution in [0, 0.1) is 10.1 Å². The Balaban J connectivity index is 2.04. The summed E-state index contributed by atoms with van der Waals surface area (Å²) in [4.78, 5) is 21.6. The molecule has 26 heavy (non-hydrogen) atoms. The lowest BCUT2D eigenvalue weighted by atomic mass is 9.96. The van der Waals surface area contributed by atoms with Gasteiger partial charge in [0.25, 0.3) is 5.69 Å². The van der Waals surface area contributed by atoms with Gasteiger partial charge in [-0.2, -0.15) is 0 Å². The molecular formula is C17H16N2O6S. The van der Waals surface area contributed by atoms with Gasteiger partial charge in [0, 0.05) is 24.6 Å². The zero-order valence-electron chi connectivity index (χ0n) is 13.6. The number of benzene rings is 2. The van der Waals surface area contributed by atoms with E-state index in [9.17, 15) is 28.4 Å². The van der Waals surface area contributed by atoms with Gasteiger partial charge in [0.05, 0.1) is 21.9 Å². The highest BCUT2D eigenvalue weighted by molar-refractivity contribution is 7.92. The van der Waals surface area contributed by atoms with Crippen LogP contribution in [0.5, 0.6) is 0 Å². The Kier molecular flexibility index (Phi) is 4.64. The SMILES string of the molecule is O=C(O)c1cc(N2CC(c3ccccc3)CCS2(=O)=O)cc([N+](=O)[O-])c1. The third-order valence-corrected chi connectivity index (χ3v) is 6.15. The van der Waals surface area contributed by atoms with Crippen molar-refractivity contribution in [2.75, 3.05) is 16.6 Å². The van der Waals surface area contributed by atoms with Crippen molar-refractivity contribution in [3.63, 3.8) is 0 Å². The van der Waals surface area contributed by atoms with Crippen molar-refractivity contribution in [3.05, 3.63) is 69.8 Å². The van der Waals surface area contributed by atoms with E-state index >= 15 is 0 Å². The number of nitrogens with zero attached hydrogens (tertiary/aromatic N) is 2. The highest BCUT2D eigenvalue weighted by Gasteiger charge is 2.33. The van der Waals surface area contributed by atoms with Crippen LogP contribution in [0.25, 0.3) is 0 Å². The second kappa shape index (κ2) is 6.75. The second-order valence-corrected chi connectivity index (χ2v) is 8.06. The van der Waals surface area contributed by atoms with Gasteiger partial charge in [-0.3, -0.25) is 14.4 Å². The quantitative estimate of drug-likeness (QED) is 0.647. The number of rotatable bonds is 4. The van der Waals surface area contributed by atoms with Crippen molar-refractivity contribution < 1.29 is 23.2 Å². The van der Waals surface area contributed by atoms with Crippen LogP contribution in [0.15, 0.2) is 48.5 Å². The molecule has 0 aromatic heterocycles. The predicted molar refractivity (Wildman–Crippen MR) is 95.0 cm³/mol. The van der Waals surface area contributed by atoms with Crippen LogP contribution in [-0.4, -0.2) is 36.7 Å². The molecular weight excluding hydrogens is 360 g/mol.